The molecular weight excluding hydrogens is 290 g/mol. The standard InChI is InChI=1S/C18H13N3S/c22-18-20-19-17(21(18)14-9-2-1-3-10-14)16-12-6-8-13-7-4-5-11-15(13)16/h1-12H,(H,20,22). The summed E-state index contributed by atoms with van der Waals surface area (Å²) in [5.74, 6) is 0.827. The summed E-state index contributed by atoms with van der Waals surface area (Å²) in [5.41, 5.74) is 2.07. The van der Waals surface area contributed by atoms with Crippen molar-refractivity contribution >= 4 is 23.0 Å². The number of H-pyrrole nitrogens is 1. The van der Waals surface area contributed by atoms with Gasteiger partial charge >= 0.3 is 0 Å². The van der Waals surface area contributed by atoms with Crippen LogP contribution in [0.3, 0.4) is 0 Å². The average Bonchev–Trinajstić information content (AvgIpc) is 2.96. The topological polar surface area (TPSA) is 33.6 Å². The van der Waals surface area contributed by atoms with Crippen molar-refractivity contribution in [3.63, 3.8) is 0 Å². The maximum atomic E-state index is 5.42. The lowest BCUT2D eigenvalue weighted by Gasteiger charge is -2.09. The van der Waals surface area contributed by atoms with E-state index >= 15 is 0 Å². The molecule has 0 aliphatic carbocycles. The summed E-state index contributed by atoms with van der Waals surface area (Å²) in [6, 6.07) is 24.6. The normalized spacial score (nSPS) is 10.9. The van der Waals surface area contributed by atoms with Gasteiger partial charge in [-0.05, 0) is 35.1 Å². The van der Waals surface area contributed by atoms with Crippen molar-refractivity contribution < 1.29 is 0 Å². The molecule has 0 atom stereocenters. The van der Waals surface area contributed by atoms with Gasteiger partial charge in [0.05, 0.1) is 0 Å². The van der Waals surface area contributed by atoms with E-state index in [0.717, 1.165) is 22.5 Å². The molecule has 0 saturated carbocycles. The Kier molecular flexibility index (Phi) is 3.09. The lowest BCUT2D eigenvalue weighted by atomic mass is 10.0. The Bertz CT molecular complexity index is 994. The molecule has 3 aromatic carbocycles. The number of aromatic nitrogens is 3. The molecule has 0 amide bonds. The Morgan fingerprint density at radius 2 is 1.55 bits per heavy atom. The number of hydrogen-bond acceptors (Lipinski definition) is 2. The Morgan fingerprint density at radius 1 is 0.818 bits per heavy atom. The average molecular weight is 303 g/mol. The number of rotatable bonds is 2. The van der Waals surface area contributed by atoms with Crippen molar-refractivity contribution in [2.45, 2.75) is 0 Å². The molecule has 0 aliphatic rings. The summed E-state index contributed by atoms with van der Waals surface area (Å²) in [6.45, 7) is 0. The van der Waals surface area contributed by atoms with Gasteiger partial charge in [-0.1, -0.05) is 60.7 Å². The summed E-state index contributed by atoms with van der Waals surface area (Å²) in [5, 5.41) is 9.72. The van der Waals surface area contributed by atoms with Gasteiger partial charge in [0, 0.05) is 11.3 Å². The van der Waals surface area contributed by atoms with Gasteiger partial charge in [-0.2, -0.15) is 5.10 Å². The second kappa shape index (κ2) is 5.24. The lowest BCUT2D eigenvalue weighted by molar-refractivity contribution is 1.04. The highest BCUT2D eigenvalue weighted by atomic mass is 32.1. The molecule has 1 heterocycles. The molecule has 0 fully saturated rings. The van der Waals surface area contributed by atoms with E-state index in [4.69, 9.17) is 12.2 Å². The summed E-state index contributed by atoms with van der Waals surface area (Å²) < 4.78 is 2.56. The third-order valence-electron chi connectivity index (χ3n) is 3.72. The lowest BCUT2D eigenvalue weighted by Crippen LogP contribution is -1.97. The van der Waals surface area contributed by atoms with Crippen LogP contribution in [0.25, 0.3) is 27.8 Å². The summed E-state index contributed by atoms with van der Waals surface area (Å²) in [6.07, 6.45) is 0. The van der Waals surface area contributed by atoms with Crippen LogP contribution >= 0.6 is 12.2 Å². The van der Waals surface area contributed by atoms with Crippen LogP contribution in [-0.2, 0) is 0 Å². The number of nitrogens with one attached hydrogen (secondary N) is 1. The molecule has 4 heteroatoms. The van der Waals surface area contributed by atoms with Crippen LogP contribution in [0.4, 0.5) is 0 Å². The maximum Gasteiger partial charge on any atom is 0.200 e. The Hall–Kier alpha value is -2.72. The fourth-order valence-corrected chi connectivity index (χ4v) is 2.95. The summed E-state index contributed by atoms with van der Waals surface area (Å²) in [4.78, 5) is 0. The van der Waals surface area contributed by atoms with E-state index in [1.54, 1.807) is 0 Å². The number of para-hydroxylation sites is 1. The first kappa shape index (κ1) is 13.0. The highest BCUT2D eigenvalue weighted by molar-refractivity contribution is 7.71. The highest BCUT2D eigenvalue weighted by Gasteiger charge is 2.12. The number of fused-ring (bicyclic) bond motifs is 1. The fraction of sp³-hybridized carbons (Fsp3) is 0. The third kappa shape index (κ3) is 2.05. The van der Waals surface area contributed by atoms with Crippen LogP contribution in [0.15, 0.2) is 72.8 Å². The third-order valence-corrected chi connectivity index (χ3v) is 3.99. The molecule has 22 heavy (non-hydrogen) atoms. The molecule has 3 nitrogen and oxygen atoms in total. The number of aromatic amines is 1. The van der Waals surface area contributed by atoms with Crippen LogP contribution in [0.5, 0.6) is 0 Å². The van der Waals surface area contributed by atoms with Crippen LogP contribution in [0, 0.1) is 4.77 Å². The van der Waals surface area contributed by atoms with Crippen LogP contribution in [-0.4, -0.2) is 14.8 Å². The van der Waals surface area contributed by atoms with Gasteiger partial charge in [0.15, 0.2) is 10.6 Å². The smallest absolute Gasteiger partial charge is 0.200 e. The first-order valence-electron chi connectivity index (χ1n) is 7.05. The molecular formula is C18H13N3S. The molecule has 0 spiro atoms. The van der Waals surface area contributed by atoms with Crippen LogP contribution in [0.2, 0.25) is 0 Å². The monoisotopic (exact) mass is 303 g/mol. The van der Waals surface area contributed by atoms with Crippen molar-refractivity contribution in [1.82, 2.24) is 14.8 Å². The molecule has 0 unspecified atom stereocenters. The van der Waals surface area contributed by atoms with Gasteiger partial charge in [-0.15, -0.1) is 0 Å². The number of nitrogens with zero attached hydrogens (tertiary/aromatic N) is 2. The van der Waals surface area contributed by atoms with Crippen molar-refractivity contribution in [2.24, 2.45) is 0 Å². The molecule has 4 aromatic rings. The molecule has 0 radical (unpaired) electrons. The molecule has 0 aliphatic heterocycles. The van der Waals surface area contributed by atoms with E-state index in [1.165, 1.54) is 5.39 Å². The molecule has 0 bridgehead atoms. The Balaban J connectivity index is 2.03. The number of hydrogen-bond donors (Lipinski definition) is 1. The summed E-state index contributed by atoms with van der Waals surface area (Å²) in [7, 11) is 0. The van der Waals surface area contributed by atoms with Gasteiger partial charge in [0.25, 0.3) is 0 Å². The van der Waals surface area contributed by atoms with E-state index in [2.05, 4.69) is 34.5 Å². The van der Waals surface area contributed by atoms with Gasteiger partial charge in [0.2, 0.25) is 0 Å². The Labute approximate surface area is 132 Å². The van der Waals surface area contributed by atoms with E-state index in [9.17, 15) is 0 Å². The van der Waals surface area contributed by atoms with Crippen molar-refractivity contribution in [3.8, 4) is 17.1 Å². The minimum atomic E-state index is 0.592. The molecule has 1 aromatic heterocycles. The van der Waals surface area contributed by atoms with E-state index in [-0.39, 0.29) is 0 Å². The van der Waals surface area contributed by atoms with Gasteiger partial charge in [0.1, 0.15) is 0 Å². The zero-order chi connectivity index (χ0) is 14.9. The van der Waals surface area contributed by atoms with E-state index < -0.39 is 0 Å². The Morgan fingerprint density at radius 3 is 2.41 bits per heavy atom. The predicted molar refractivity (Wildman–Crippen MR) is 91.7 cm³/mol. The van der Waals surface area contributed by atoms with Crippen molar-refractivity contribution in [1.29, 1.82) is 0 Å². The summed E-state index contributed by atoms with van der Waals surface area (Å²) >= 11 is 5.42. The second-order valence-electron chi connectivity index (χ2n) is 5.05. The van der Waals surface area contributed by atoms with E-state index in [1.807, 2.05) is 53.1 Å². The van der Waals surface area contributed by atoms with E-state index in [0.29, 0.717) is 4.77 Å². The predicted octanol–water partition coefficient (Wildman–Crippen LogP) is 4.75. The largest absolute Gasteiger partial charge is 0.268 e. The van der Waals surface area contributed by atoms with Gasteiger partial charge in [-0.25, -0.2) is 0 Å². The second-order valence-corrected chi connectivity index (χ2v) is 5.44. The zero-order valence-corrected chi connectivity index (χ0v) is 12.5. The fourth-order valence-electron chi connectivity index (χ4n) is 2.71. The molecule has 0 saturated heterocycles. The first-order valence-corrected chi connectivity index (χ1v) is 7.46. The van der Waals surface area contributed by atoms with Crippen LogP contribution in [0.1, 0.15) is 0 Å². The minimum Gasteiger partial charge on any atom is -0.268 e. The minimum absolute atomic E-state index is 0.592. The number of benzene rings is 3. The highest BCUT2D eigenvalue weighted by Crippen LogP contribution is 2.28. The molecule has 4 rings (SSSR count). The first-order chi connectivity index (χ1) is 10.8. The van der Waals surface area contributed by atoms with Crippen molar-refractivity contribution in [2.75, 3.05) is 0 Å². The zero-order valence-electron chi connectivity index (χ0n) is 11.7. The molecule has 1 N–H and O–H groups in total. The van der Waals surface area contributed by atoms with Crippen molar-refractivity contribution in [3.05, 3.63) is 77.6 Å². The molecule has 106 valence electrons. The maximum absolute atomic E-state index is 5.42. The van der Waals surface area contributed by atoms with Crippen LogP contribution < -0.4 is 0 Å². The van der Waals surface area contributed by atoms with Gasteiger partial charge in [-0.3, -0.25) is 9.67 Å². The quantitative estimate of drug-likeness (QED) is 0.542. The SMILES string of the molecule is S=c1[nH]nc(-c2cccc3ccccc23)n1-c1ccccc1. The van der Waals surface area contributed by atoms with Gasteiger partial charge < -0.3 is 0 Å².